The minimum absolute atomic E-state index is 0.0778. The third-order valence-electron chi connectivity index (χ3n) is 1.44. The van der Waals surface area contributed by atoms with E-state index in [1.54, 1.807) is 0 Å². The van der Waals surface area contributed by atoms with E-state index in [9.17, 15) is 4.79 Å². The van der Waals surface area contributed by atoms with Crippen LogP contribution in [0.4, 0.5) is 0 Å². The molecule has 12 heavy (non-hydrogen) atoms. The van der Waals surface area contributed by atoms with Crippen molar-refractivity contribution in [2.75, 3.05) is 0 Å². The number of hydrogen-bond acceptors (Lipinski definition) is 4. The summed E-state index contributed by atoms with van der Waals surface area (Å²) in [5.41, 5.74) is 0. The summed E-state index contributed by atoms with van der Waals surface area (Å²) in [4.78, 5) is 11.0. The van der Waals surface area contributed by atoms with Crippen LogP contribution in [0.1, 0.15) is 23.2 Å². The van der Waals surface area contributed by atoms with Crippen molar-refractivity contribution in [3.05, 3.63) is 23.7 Å². The first-order valence-corrected chi connectivity index (χ1v) is 3.57. The van der Waals surface area contributed by atoms with Gasteiger partial charge in [0.25, 0.3) is 0 Å². The quantitative estimate of drug-likeness (QED) is 0.641. The number of aliphatic hydroxyl groups is 2. The van der Waals surface area contributed by atoms with E-state index in [-0.39, 0.29) is 12.4 Å². The summed E-state index contributed by atoms with van der Waals surface area (Å²) in [5, 5.41) is 17.5. The highest BCUT2D eigenvalue weighted by Gasteiger charge is 2.15. The zero-order valence-corrected chi connectivity index (χ0v) is 6.65. The third-order valence-corrected chi connectivity index (χ3v) is 1.44. The number of aliphatic hydroxyl groups excluding tert-OH is 2. The van der Waals surface area contributed by atoms with Gasteiger partial charge < -0.3 is 14.6 Å². The molecule has 66 valence electrons. The number of hydrogen-bond donors (Lipinski definition) is 2. The van der Waals surface area contributed by atoms with Crippen molar-refractivity contribution in [1.82, 2.24) is 0 Å². The molecule has 4 heteroatoms. The smallest absolute Gasteiger partial charge is 0.226 e. The van der Waals surface area contributed by atoms with Gasteiger partial charge in [-0.05, 0) is 19.1 Å². The predicted molar refractivity (Wildman–Crippen MR) is 40.6 cm³/mol. The van der Waals surface area contributed by atoms with Crippen LogP contribution in [0, 0.1) is 0 Å². The largest absolute Gasteiger partial charge is 0.455 e. The fourth-order valence-corrected chi connectivity index (χ4v) is 0.801. The molecule has 1 atom stereocenters. The van der Waals surface area contributed by atoms with E-state index < -0.39 is 11.9 Å². The van der Waals surface area contributed by atoms with E-state index in [4.69, 9.17) is 14.6 Å². The van der Waals surface area contributed by atoms with Crippen LogP contribution in [0.15, 0.2) is 16.5 Å². The van der Waals surface area contributed by atoms with Crippen molar-refractivity contribution >= 4 is 5.78 Å². The summed E-state index contributed by atoms with van der Waals surface area (Å²) in [6.07, 6.45) is -1.07. The van der Waals surface area contributed by atoms with Crippen LogP contribution in [0.25, 0.3) is 0 Å². The molecule has 2 N–H and O–H groups in total. The average molecular weight is 170 g/mol. The number of furan rings is 1. The Balaban J connectivity index is 2.82. The van der Waals surface area contributed by atoms with Gasteiger partial charge in [-0.1, -0.05) is 0 Å². The Morgan fingerprint density at radius 2 is 2.33 bits per heavy atom. The molecule has 1 rings (SSSR count). The highest BCUT2D eigenvalue weighted by molar-refractivity contribution is 5.96. The standard InChI is InChI=1S/C8H10O4/c1-5(10)8(11)7-3-2-6(4-9)12-7/h2-3,5,9-10H,4H2,1H3/t5-/m0/s1. The minimum atomic E-state index is -1.07. The molecular weight excluding hydrogens is 160 g/mol. The van der Waals surface area contributed by atoms with Gasteiger partial charge in [0.15, 0.2) is 5.76 Å². The van der Waals surface area contributed by atoms with E-state index >= 15 is 0 Å². The molecule has 0 aliphatic heterocycles. The van der Waals surface area contributed by atoms with Crippen molar-refractivity contribution in [1.29, 1.82) is 0 Å². The Bertz CT molecular complexity index is 274. The topological polar surface area (TPSA) is 70.7 Å². The number of carbonyl (C=O) groups is 1. The Morgan fingerprint density at radius 3 is 2.75 bits per heavy atom. The van der Waals surface area contributed by atoms with Crippen molar-refractivity contribution in [2.24, 2.45) is 0 Å². The second-order valence-corrected chi connectivity index (χ2v) is 2.46. The van der Waals surface area contributed by atoms with Gasteiger partial charge in [0.1, 0.15) is 18.5 Å². The van der Waals surface area contributed by atoms with Gasteiger partial charge in [0.2, 0.25) is 5.78 Å². The molecule has 0 fully saturated rings. The number of Topliss-reactive ketones (excluding diaryl/α,β-unsaturated/α-hetero) is 1. The maximum absolute atomic E-state index is 11.0. The lowest BCUT2D eigenvalue weighted by atomic mass is 10.2. The fourth-order valence-electron chi connectivity index (χ4n) is 0.801. The second-order valence-electron chi connectivity index (χ2n) is 2.46. The average Bonchev–Trinajstić information content (AvgIpc) is 2.50. The van der Waals surface area contributed by atoms with Crippen LogP contribution < -0.4 is 0 Å². The first-order chi connectivity index (χ1) is 5.65. The van der Waals surface area contributed by atoms with E-state index in [1.165, 1.54) is 19.1 Å². The third kappa shape index (κ3) is 1.72. The molecule has 0 unspecified atom stereocenters. The summed E-state index contributed by atoms with van der Waals surface area (Å²) in [6, 6.07) is 2.93. The lowest BCUT2D eigenvalue weighted by Gasteiger charge is -1.97. The Labute approximate surface area is 69.4 Å². The molecule has 0 amide bonds. The lowest BCUT2D eigenvalue weighted by Crippen LogP contribution is -2.15. The predicted octanol–water partition coefficient (Wildman–Crippen LogP) is 0.335. The van der Waals surface area contributed by atoms with Gasteiger partial charge >= 0.3 is 0 Å². The molecule has 0 saturated heterocycles. The summed E-state index contributed by atoms with van der Waals surface area (Å²) >= 11 is 0. The molecular formula is C8H10O4. The Kier molecular flexibility index (Phi) is 2.62. The molecule has 1 heterocycles. The number of ketones is 1. The highest BCUT2D eigenvalue weighted by atomic mass is 16.4. The zero-order valence-electron chi connectivity index (χ0n) is 6.65. The molecule has 0 spiro atoms. The molecule has 0 aliphatic rings. The van der Waals surface area contributed by atoms with Crippen LogP contribution in [0.5, 0.6) is 0 Å². The second kappa shape index (κ2) is 3.51. The first kappa shape index (κ1) is 8.96. The monoisotopic (exact) mass is 170 g/mol. The van der Waals surface area contributed by atoms with E-state index in [2.05, 4.69) is 0 Å². The maximum atomic E-state index is 11.0. The van der Waals surface area contributed by atoms with Crippen molar-refractivity contribution in [3.8, 4) is 0 Å². The molecule has 0 bridgehead atoms. The van der Waals surface area contributed by atoms with Crippen LogP contribution in [0.3, 0.4) is 0 Å². The van der Waals surface area contributed by atoms with E-state index in [1.807, 2.05) is 0 Å². The molecule has 1 aromatic heterocycles. The van der Waals surface area contributed by atoms with Crippen molar-refractivity contribution < 1.29 is 19.4 Å². The maximum Gasteiger partial charge on any atom is 0.226 e. The summed E-state index contributed by atoms with van der Waals surface area (Å²) < 4.78 is 4.90. The van der Waals surface area contributed by atoms with Gasteiger partial charge in [-0.3, -0.25) is 4.79 Å². The van der Waals surface area contributed by atoms with Gasteiger partial charge in [-0.2, -0.15) is 0 Å². The van der Waals surface area contributed by atoms with Crippen LogP contribution in [-0.4, -0.2) is 22.1 Å². The van der Waals surface area contributed by atoms with Gasteiger partial charge in [0.05, 0.1) is 0 Å². The van der Waals surface area contributed by atoms with Crippen molar-refractivity contribution in [2.45, 2.75) is 19.6 Å². The normalized spacial score (nSPS) is 12.9. The summed E-state index contributed by atoms with van der Waals surface area (Å²) in [5.74, 6) is -0.0808. The Morgan fingerprint density at radius 1 is 1.67 bits per heavy atom. The molecule has 0 radical (unpaired) electrons. The van der Waals surface area contributed by atoms with E-state index in [0.717, 1.165) is 0 Å². The fraction of sp³-hybridized carbons (Fsp3) is 0.375. The van der Waals surface area contributed by atoms with Gasteiger partial charge in [0, 0.05) is 0 Å². The zero-order chi connectivity index (χ0) is 9.14. The minimum Gasteiger partial charge on any atom is -0.455 e. The molecule has 0 aromatic carbocycles. The van der Waals surface area contributed by atoms with E-state index in [0.29, 0.717) is 5.76 Å². The van der Waals surface area contributed by atoms with Crippen LogP contribution in [0.2, 0.25) is 0 Å². The molecule has 1 aromatic rings. The molecule has 4 nitrogen and oxygen atoms in total. The number of carbonyl (C=O) groups excluding carboxylic acids is 1. The van der Waals surface area contributed by atoms with Crippen molar-refractivity contribution in [3.63, 3.8) is 0 Å². The lowest BCUT2D eigenvalue weighted by molar-refractivity contribution is 0.0745. The summed E-state index contributed by atoms with van der Waals surface area (Å²) in [7, 11) is 0. The van der Waals surface area contributed by atoms with Crippen LogP contribution >= 0.6 is 0 Å². The Hall–Kier alpha value is -1.13. The van der Waals surface area contributed by atoms with Gasteiger partial charge in [-0.15, -0.1) is 0 Å². The highest BCUT2D eigenvalue weighted by Crippen LogP contribution is 2.09. The molecule has 0 aliphatic carbocycles. The molecule has 0 saturated carbocycles. The SMILES string of the molecule is C[C@H](O)C(=O)c1ccc(CO)o1. The summed E-state index contributed by atoms with van der Waals surface area (Å²) in [6.45, 7) is 1.12. The van der Waals surface area contributed by atoms with Gasteiger partial charge in [-0.25, -0.2) is 0 Å². The first-order valence-electron chi connectivity index (χ1n) is 3.57. The van der Waals surface area contributed by atoms with Crippen LogP contribution in [-0.2, 0) is 6.61 Å². The number of rotatable bonds is 3.